The van der Waals surface area contributed by atoms with Crippen molar-refractivity contribution in [2.24, 2.45) is 0 Å². The number of rotatable bonds is 5. The molecule has 3 aliphatic rings. The van der Waals surface area contributed by atoms with E-state index in [1.54, 1.807) is 0 Å². The van der Waals surface area contributed by atoms with Crippen LogP contribution in [-0.2, 0) is 9.47 Å². The van der Waals surface area contributed by atoms with Gasteiger partial charge in [-0.2, -0.15) is 11.8 Å². The molecule has 0 radical (unpaired) electrons. The summed E-state index contributed by atoms with van der Waals surface area (Å²) in [5, 5.41) is 5.31. The highest BCUT2D eigenvalue weighted by atomic mass is 32.2. The molecule has 0 aromatic carbocycles. The fourth-order valence-electron chi connectivity index (χ4n) is 4.03. The molecule has 122 valence electrons. The van der Waals surface area contributed by atoms with Gasteiger partial charge in [-0.1, -0.05) is 26.2 Å². The smallest absolute Gasteiger partial charge is 0.169 e. The Morgan fingerprint density at radius 1 is 1.10 bits per heavy atom. The van der Waals surface area contributed by atoms with E-state index in [4.69, 9.17) is 9.47 Å². The van der Waals surface area contributed by atoms with Crippen molar-refractivity contribution in [3.63, 3.8) is 0 Å². The zero-order valence-electron chi connectivity index (χ0n) is 13.4. The SMILES string of the molecule is CCCNC1CCC2(CC1SC1CCCCC1)OCCO2. The van der Waals surface area contributed by atoms with Crippen molar-refractivity contribution in [3.8, 4) is 0 Å². The fraction of sp³-hybridized carbons (Fsp3) is 1.00. The van der Waals surface area contributed by atoms with E-state index in [0.717, 1.165) is 37.9 Å². The molecule has 3 rings (SSSR count). The second kappa shape index (κ2) is 7.67. The maximum Gasteiger partial charge on any atom is 0.169 e. The van der Waals surface area contributed by atoms with Crippen LogP contribution in [0, 0.1) is 0 Å². The van der Waals surface area contributed by atoms with Gasteiger partial charge in [0.05, 0.1) is 13.2 Å². The minimum absolute atomic E-state index is 0.239. The van der Waals surface area contributed by atoms with E-state index in [0.29, 0.717) is 11.3 Å². The molecule has 2 saturated carbocycles. The molecule has 3 fully saturated rings. The Kier molecular flexibility index (Phi) is 5.88. The molecule has 0 aromatic rings. The van der Waals surface area contributed by atoms with Crippen LogP contribution in [0.3, 0.4) is 0 Å². The Balaban J connectivity index is 1.60. The predicted molar refractivity (Wildman–Crippen MR) is 88.8 cm³/mol. The Morgan fingerprint density at radius 3 is 2.57 bits per heavy atom. The van der Waals surface area contributed by atoms with Crippen molar-refractivity contribution < 1.29 is 9.47 Å². The molecule has 1 aliphatic heterocycles. The zero-order chi connectivity index (χ0) is 14.5. The van der Waals surface area contributed by atoms with Gasteiger partial charge in [0.25, 0.3) is 0 Å². The average molecular weight is 314 g/mol. The van der Waals surface area contributed by atoms with E-state index in [2.05, 4.69) is 24.0 Å². The first-order valence-electron chi connectivity index (χ1n) is 8.98. The van der Waals surface area contributed by atoms with Gasteiger partial charge in [-0.25, -0.2) is 0 Å². The number of hydrogen-bond acceptors (Lipinski definition) is 4. The van der Waals surface area contributed by atoms with Crippen LogP contribution in [0.15, 0.2) is 0 Å². The summed E-state index contributed by atoms with van der Waals surface area (Å²) in [6.07, 6.45) is 11.7. The minimum atomic E-state index is -0.239. The summed E-state index contributed by atoms with van der Waals surface area (Å²) >= 11 is 2.24. The molecule has 1 saturated heterocycles. The molecular weight excluding hydrogens is 282 g/mol. The standard InChI is InChI=1S/C17H31NO2S/c1-2-10-18-15-8-9-17(19-11-12-20-17)13-16(15)21-14-6-4-3-5-7-14/h14-16,18H,2-13H2,1H3. The van der Waals surface area contributed by atoms with Crippen LogP contribution in [0.2, 0.25) is 0 Å². The van der Waals surface area contributed by atoms with Crippen molar-refractivity contribution in [1.82, 2.24) is 5.32 Å². The maximum absolute atomic E-state index is 5.99. The van der Waals surface area contributed by atoms with Crippen LogP contribution in [0.5, 0.6) is 0 Å². The summed E-state index contributed by atoms with van der Waals surface area (Å²) in [6, 6.07) is 0.648. The number of ether oxygens (including phenoxy) is 2. The highest BCUT2D eigenvalue weighted by Crippen LogP contribution is 2.43. The molecule has 2 aliphatic carbocycles. The zero-order valence-corrected chi connectivity index (χ0v) is 14.3. The first-order chi connectivity index (χ1) is 10.3. The third-order valence-electron chi connectivity index (χ3n) is 5.19. The lowest BCUT2D eigenvalue weighted by Crippen LogP contribution is -2.50. The Bertz CT molecular complexity index is 314. The lowest BCUT2D eigenvalue weighted by Gasteiger charge is -2.42. The van der Waals surface area contributed by atoms with Crippen molar-refractivity contribution in [2.45, 2.75) is 87.0 Å². The molecule has 2 atom stereocenters. The van der Waals surface area contributed by atoms with Gasteiger partial charge in [-0.05, 0) is 32.2 Å². The molecule has 3 nitrogen and oxygen atoms in total. The van der Waals surface area contributed by atoms with Crippen molar-refractivity contribution in [2.75, 3.05) is 19.8 Å². The van der Waals surface area contributed by atoms with Crippen molar-refractivity contribution >= 4 is 11.8 Å². The summed E-state index contributed by atoms with van der Waals surface area (Å²) in [4.78, 5) is 0. The summed E-state index contributed by atoms with van der Waals surface area (Å²) in [7, 11) is 0. The summed E-state index contributed by atoms with van der Waals surface area (Å²) in [5.41, 5.74) is 0. The second-order valence-electron chi connectivity index (χ2n) is 6.85. The molecule has 1 heterocycles. The fourth-order valence-corrected chi connectivity index (χ4v) is 5.90. The van der Waals surface area contributed by atoms with Gasteiger partial charge in [-0.15, -0.1) is 0 Å². The van der Waals surface area contributed by atoms with E-state index in [-0.39, 0.29) is 5.79 Å². The van der Waals surface area contributed by atoms with Gasteiger partial charge in [0.15, 0.2) is 5.79 Å². The molecule has 2 unspecified atom stereocenters. The number of nitrogens with one attached hydrogen (secondary N) is 1. The molecule has 0 bridgehead atoms. The molecular formula is C17H31NO2S. The first-order valence-corrected chi connectivity index (χ1v) is 9.92. The molecule has 4 heteroatoms. The van der Waals surface area contributed by atoms with E-state index < -0.39 is 0 Å². The lowest BCUT2D eigenvalue weighted by atomic mass is 9.89. The maximum atomic E-state index is 5.99. The highest BCUT2D eigenvalue weighted by molar-refractivity contribution is 8.00. The molecule has 0 amide bonds. The number of thioether (sulfide) groups is 1. The van der Waals surface area contributed by atoms with E-state index in [1.165, 1.54) is 44.9 Å². The normalized spacial score (nSPS) is 33.6. The topological polar surface area (TPSA) is 30.5 Å². The van der Waals surface area contributed by atoms with Crippen LogP contribution in [0.1, 0.15) is 64.7 Å². The van der Waals surface area contributed by atoms with E-state index >= 15 is 0 Å². The van der Waals surface area contributed by atoms with Gasteiger partial charge in [0.1, 0.15) is 0 Å². The molecule has 0 aromatic heterocycles. The van der Waals surface area contributed by atoms with Crippen LogP contribution in [-0.4, -0.2) is 42.1 Å². The van der Waals surface area contributed by atoms with Gasteiger partial charge < -0.3 is 14.8 Å². The second-order valence-corrected chi connectivity index (χ2v) is 8.39. The first kappa shape index (κ1) is 16.1. The Hall–Kier alpha value is 0.230. The quantitative estimate of drug-likeness (QED) is 0.838. The van der Waals surface area contributed by atoms with Crippen LogP contribution in [0.25, 0.3) is 0 Å². The van der Waals surface area contributed by atoms with Gasteiger partial charge in [0.2, 0.25) is 0 Å². The molecule has 21 heavy (non-hydrogen) atoms. The van der Waals surface area contributed by atoms with Crippen LogP contribution < -0.4 is 5.32 Å². The van der Waals surface area contributed by atoms with Crippen LogP contribution >= 0.6 is 11.8 Å². The third kappa shape index (κ3) is 4.15. The predicted octanol–water partition coefficient (Wildman–Crippen LogP) is 3.72. The van der Waals surface area contributed by atoms with E-state index in [9.17, 15) is 0 Å². The van der Waals surface area contributed by atoms with E-state index in [1.807, 2.05) is 0 Å². The lowest BCUT2D eigenvalue weighted by molar-refractivity contribution is -0.178. The highest BCUT2D eigenvalue weighted by Gasteiger charge is 2.45. The van der Waals surface area contributed by atoms with Crippen LogP contribution in [0.4, 0.5) is 0 Å². The Labute approximate surface area is 133 Å². The number of hydrogen-bond donors (Lipinski definition) is 1. The van der Waals surface area contributed by atoms with Gasteiger partial charge in [0, 0.05) is 29.4 Å². The van der Waals surface area contributed by atoms with Crippen molar-refractivity contribution in [3.05, 3.63) is 0 Å². The van der Waals surface area contributed by atoms with Gasteiger partial charge in [-0.3, -0.25) is 0 Å². The minimum Gasteiger partial charge on any atom is -0.347 e. The Morgan fingerprint density at radius 2 is 1.86 bits per heavy atom. The van der Waals surface area contributed by atoms with Crippen molar-refractivity contribution in [1.29, 1.82) is 0 Å². The summed E-state index contributed by atoms with van der Waals surface area (Å²) in [6.45, 7) is 4.96. The third-order valence-corrected chi connectivity index (χ3v) is 6.89. The largest absolute Gasteiger partial charge is 0.347 e. The molecule has 1 spiro atoms. The summed E-state index contributed by atoms with van der Waals surface area (Å²) < 4.78 is 12.0. The monoisotopic (exact) mass is 313 g/mol. The summed E-state index contributed by atoms with van der Waals surface area (Å²) in [5.74, 6) is -0.239. The molecule has 1 N–H and O–H groups in total. The van der Waals surface area contributed by atoms with Gasteiger partial charge >= 0.3 is 0 Å². The average Bonchev–Trinajstić information content (AvgIpc) is 2.96.